The fraction of sp³-hybridized carbons (Fsp3) is 0.619. The number of carbonyl (C=O) groups is 4. The highest BCUT2D eigenvalue weighted by atomic mass is 19.1. The van der Waals surface area contributed by atoms with Gasteiger partial charge in [-0.1, -0.05) is 18.2 Å². The van der Waals surface area contributed by atoms with Crippen LogP contribution in [-0.4, -0.2) is 75.2 Å². The Hall–Kier alpha value is -2.73. The molecule has 10 nitrogen and oxygen atoms in total. The minimum atomic E-state index is -1.32. The SMILES string of the molecule is [B]C1C(=O)NC(C(=O)NCC(=O)NCCCF)CC2=CCC(C=C2)OCCCC1C(=O)NO. The molecule has 2 aliphatic heterocycles. The molecule has 0 fully saturated rings. The van der Waals surface area contributed by atoms with E-state index >= 15 is 0 Å². The Balaban J connectivity index is 2.13. The van der Waals surface area contributed by atoms with Crippen LogP contribution in [0.5, 0.6) is 0 Å². The van der Waals surface area contributed by atoms with Crippen molar-refractivity contribution < 1.29 is 33.5 Å². The number of fused-ring (bicyclic) bond motifs is 10. The molecule has 4 atom stereocenters. The lowest BCUT2D eigenvalue weighted by Gasteiger charge is -2.27. The monoisotopic (exact) mass is 464 g/mol. The van der Waals surface area contributed by atoms with E-state index < -0.39 is 48.1 Å². The molecule has 1 aliphatic carbocycles. The Bertz CT molecular complexity index is 778. The number of nitrogens with one attached hydrogen (secondary N) is 4. The molecular weight excluding hydrogens is 434 g/mol. The minimum absolute atomic E-state index is 0.133. The second-order valence-electron chi connectivity index (χ2n) is 7.91. The number of alkyl halides is 1. The number of hydroxylamine groups is 1. The molecule has 0 aromatic heterocycles. The average Bonchev–Trinajstić information content (AvgIpc) is 2.82. The van der Waals surface area contributed by atoms with E-state index in [0.717, 1.165) is 5.57 Å². The molecule has 0 saturated carbocycles. The molecule has 2 heterocycles. The standard InChI is InChI=1S/C21H30BFN4O6/c22-18-15(19(29)27-32)3-1-10-33-14-6-4-13(5-7-14)11-16(26-21(18)31)20(30)25-12-17(28)24-9-2-8-23/h4-6,14-16,18,32H,1-3,7-12H2,(H,24,28)(H,25,30)(H,26,31)(H,27,29). The second kappa shape index (κ2) is 13.7. The van der Waals surface area contributed by atoms with E-state index in [0.29, 0.717) is 19.4 Å². The van der Waals surface area contributed by atoms with Crippen molar-refractivity contribution in [2.24, 2.45) is 5.92 Å². The van der Waals surface area contributed by atoms with E-state index in [1.807, 2.05) is 18.2 Å². The van der Waals surface area contributed by atoms with E-state index in [1.165, 1.54) is 5.48 Å². The van der Waals surface area contributed by atoms with E-state index in [1.54, 1.807) is 0 Å². The molecule has 3 aliphatic rings. The van der Waals surface area contributed by atoms with Gasteiger partial charge in [0.1, 0.15) is 6.04 Å². The van der Waals surface area contributed by atoms with Crippen LogP contribution in [0.4, 0.5) is 4.39 Å². The van der Waals surface area contributed by atoms with Crippen molar-refractivity contribution in [2.75, 3.05) is 26.4 Å². The van der Waals surface area contributed by atoms with E-state index in [2.05, 4.69) is 16.0 Å². The van der Waals surface area contributed by atoms with Crippen LogP contribution >= 0.6 is 0 Å². The van der Waals surface area contributed by atoms with Gasteiger partial charge in [0.05, 0.1) is 27.2 Å². The lowest BCUT2D eigenvalue weighted by molar-refractivity contribution is -0.137. The van der Waals surface area contributed by atoms with E-state index in [4.69, 9.17) is 17.8 Å². The number of hydrogen-bond donors (Lipinski definition) is 5. The average molecular weight is 464 g/mol. The lowest BCUT2D eigenvalue weighted by atomic mass is 9.73. The summed E-state index contributed by atoms with van der Waals surface area (Å²) in [5.41, 5.74) is 2.32. The van der Waals surface area contributed by atoms with Crippen molar-refractivity contribution in [1.29, 1.82) is 0 Å². The van der Waals surface area contributed by atoms with Gasteiger partial charge >= 0.3 is 0 Å². The molecule has 2 radical (unpaired) electrons. The zero-order valence-electron chi connectivity index (χ0n) is 18.3. The molecule has 0 aromatic rings. The number of rotatable bonds is 7. The van der Waals surface area contributed by atoms with Gasteiger partial charge in [-0.25, -0.2) is 5.48 Å². The summed E-state index contributed by atoms with van der Waals surface area (Å²) < 4.78 is 17.9. The molecule has 5 N–H and O–H groups in total. The molecule has 0 saturated heterocycles. The fourth-order valence-corrected chi connectivity index (χ4v) is 3.56. The van der Waals surface area contributed by atoms with Gasteiger partial charge in [0.25, 0.3) is 0 Å². The zero-order chi connectivity index (χ0) is 24.2. The maximum atomic E-state index is 12.8. The Morgan fingerprint density at radius 3 is 2.73 bits per heavy atom. The largest absolute Gasteiger partial charge is 0.374 e. The first kappa shape index (κ1) is 26.5. The molecule has 4 amide bonds. The summed E-state index contributed by atoms with van der Waals surface area (Å²) >= 11 is 0. The third kappa shape index (κ3) is 8.62. The summed E-state index contributed by atoms with van der Waals surface area (Å²) in [6.07, 6.45) is 6.95. The van der Waals surface area contributed by atoms with Gasteiger partial charge in [-0.2, -0.15) is 0 Å². The molecule has 0 aromatic carbocycles. The topological polar surface area (TPSA) is 146 Å². The van der Waals surface area contributed by atoms with Crippen LogP contribution < -0.4 is 21.4 Å². The fourth-order valence-electron chi connectivity index (χ4n) is 3.56. The minimum Gasteiger partial charge on any atom is -0.374 e. The number of hydrogen-bond acceptors (Lipinski definition) is 6. The maximum Gasteiger partial charge on any atom is 0.246 e. The number of ether oxygens (including phenoxy) is 1. The van der Waals surface area contributed by atoms with Crippen molar-refractivity contribution in [1.82, 2.24) is 21.4 Å². The number of amides is 4. The van der Waals surface area contributed by atoms with Gasteiger partial charge in [0.2, 0.25) is 23.6 Å². The summed E-state index contributed by atoms with van der Waals surface area (Å²) in [6, 6.07) is -1.06. The molecule has 33 heavy (non-hydrogen) atoms. The van der Waals surface area contributed by atoms with Crippen LogP contribution in [0.3, 0.4) is 0 Å². The van der Waals surface area contributed by atoms with E-state index in [9.17, 15) is 23.6 Å². The van der Waals surface area contributed by atoms with Gasteiger partial charge in [-0.3, -0.25) is 28.8 Å². The van der Waals surface area contributed by atoms with Gasteiger partial charge in [0, 0.05) is 31.3 Å². The lowest BCUT2D eigenvalue weighted by Crippen LogP contribution is -2.51. The Labute approximate surface area is 193 Å². The quantitative estimate of drug-likeness (QED) is 0.150. The van der Waals surface area contributed by atoms with Crippen LogP contribution in [0, 0.1) is 5.92 Å². The van der Waals surface area contributed by atoms with Crippen LogP contribution in [0.15, 0.2) is 23.8 Å². The first-order chi connectivity index (χ1) is 15.8. The zero-order valence-corrected chi connectivity index (χ0v) is 18.3. The van der Waals surface area contributed by atoms with Crippen LogP contribution in [0.25, 0.3) is 0 Å². The van der Waals surface area contributed by atoms with Crippen LogP contribution in [-0.2, 0) is 23.9 Å². The number of carbonyl (C=O) groups excluding carboxylic acids is 4. The molecule has 180 valence electrons. The predicted octanol–water partition coefficient (Wildman–Crippen LogP) is -0.403. The number of allylic oxidation sites excluding steroid dienone is 1. The summed E-state index contributed by atoms with van der Waals surface area (Å²) in [7, 11) is 6.00. The molecule has 4 unspecified atom stereocenters. The first-order valence-electron chi connectivity index (χ1n) is 10.9. The summed E-state index contributed by atoms with van der Waals surface area (Å²) in [5, 5.41) is 16.5. The van der Waals surface area contributed by atoms with Gasteiger partial charge < -0.3 is 20.7 Å². The summed E-state index contributed by atoms with van der Waals surface area (Å²) in [5.74, 6) is -5.00. The molecular formula is C21H30BFN4O6. The van der Waals surface area contributed by atoms with Gasteiger partial charge in [-0.15, -0.1) is 0 Å². The van der Waals surface area contributed by atoms with Crippen molar-refractivity contribution in [2.45, 2.75) is 50.1 Å². The Morgan fingerprint density at radius 2 is 2.06 bits per heavy atom. The van der Waals surface area contributed by atoms with Crippen molar-refractivity contribution in [3.63, 3.8) is 0 Å². The first-order valence-corrected chi connectivity index (χ1v) is 10.9. The van der Waals surface area contributed by atoms with Crippen LogP contribution in [0.1, 0.15) is 32.1 Å². The molecule has 3 rings (SSSR count). The van der Waals surface area contributed by atoms with Gasteiger partial charge in [-0.05, 0) is 31.3 Å². The molecule has 2 bridgehead atoms. The molecule has 0 spiro atoms. The third-order valence-corrected chi connectivity index (χ3v) is 5.44. The predicted molar refractivity (Wildman–Crippen MR) is 117 cm³/mol. The van der Waals surface area contributed by atoms with Gasteiger partial charge in [0.15, 0.2) is 0 Å². The highest BCUT2D eigenvalue weighted by molar-refractivity contribution is 6.25. The third-order valence-electron chi connectivity index (χ3n) is 5.44. The Morgan fingerprint density at radius 1 is 1.27 bits per heavy atom. The van der Waals surface area contributed by atoms with Crippen molar-refractivity contribution in [3.8, 4) is 0 Å². The Kier molecular flexibility index (Phi) is 11.0. The summed E-state index contributed by atoms with van der Waals surface area (Å²) in [4.78, 5) is 49.4. The smallest absolute Gasteiger partial charge is 0.246 e. The van der Waals surface area contributed by atoms with E-state index in [-0.39, 0.29) is 38.5 Å². The normalized spacial score (nSPS) is 25.9. The second-order valence-corrected chi connectivity index (χ2v) is 7.91. The van der Waals surface area contributed by atoms with Crippen molar-refractivity contribution in [3.05, 3.63) is 23.8 Å². The number of halogens is 1. The van der Waals surface area contributed by atoms with Crippen LogP contribution in [0.2, 0.25) is 5.82 Å². The summed E-state index contributed by atoms with van der Waals surface area (Å²) in [6.45, 7) is -0.412. The maximum absolute atomic E-state index is 12.8. The highest BCUT2D eigenvalue weighted by Gasteiger charge is 2.32. The van der Waals surface area contributed by atoms with Crippen molar-refractivity contribution >= 4 is 31.5 Å². The molecule has 12 heteroatoms. The highest BCUT2D eigenvalue weighted by Crippen LogP contribution is 2.24.